The summed E-state index contributed by atoms with van der Waals surface area (Å²) in [4.78, 5) is 22.7. The predicted molar refractivity (Wildman–Crippen MR) is 71.7 cm³/mol. The lowest BCUT2D eigenvalue weighted by atomic mass is 10.3. The monoisotopic (exact) mass is 287 g/mol. The third-order valence-corrected chi connectivity index (χ3v) is 2.36. The molecule has 0 aliphatic heterocycles. The number of hydrogen-bond donors (Lipinski definition) is 3. The molecule has 3 amide bonds. The quantitative estimate of drug-likeness (QED) is 0.794. The zero-order valence-electron chi connectivity index (χ0n) is 10.6. The maximum absolute atomic E-state index is 12.8. The number of anilines is 1. The number of hydrogen-bond acceptors (Lipinski definition) is 3. The fraction of sp³-hybridized carbons (Fsp3) is 0.333. The van der Waals surface area contributed by atoms with Gasteiger partial charge in [-0.1, -0.05) is 11.6 Å². The summed E-state index contributed by atoms with van der Waals surface area (Å²) in [6.45, 7) is 3.41. The van der Waals surface area contributed by atoms with Gasteiger partial charge >= 0.3 is 6.03 Å². The van der Waals surface area contributed by atoms with E-state index in [-0.39, 0.29) is 17.6 Å². The molecule has 0 fully saturated rings. The van der Waals surface area contributed by atoms with Gasteiger partial charge in [0.05, 0.1) is 17.3 Å². The van der Waals surface area contributed by atoms with Gasteiger partial charge in [0, 0.05) is 6.04 Å². The first kappa shape index (κ1) is 15.2. The van der Waals surface area contributed by atoms with Crippen LogP contribution in [-0.4, -0.2) is 24.5 Å². The van der Waals surface area contributed by atoms with Crippen molar-refractivity contribution in [1.29, 1.82) is 0 Å². The number of carbonyl (C=O) groups excluding carboxylic acids is 2. The SMILES string of the molecule is CC(C)NC(=O)NC(=O)CNc1ccc(F)cc1Cl. The number of benzene rings is 1. The van der Waals surface area contributed by atoms with E-state index in [1.54, 1.807) is 13.8 Å². The first-order valence-electron chi connectivity index (χ1n) is 5.67. The Kier molecular flexibility index (Phi) is 5.57. The van der Waals surface area contributed by atoms with E-state index >= 15 is 0 Å². The minimum Gasteiger partial charge on any atom is -0.375 e. The molecular weight excluding hydrogens is 273 g/mol. The molecule has 0 aliphatic carbocycles. The number of rotatable bonds is 4. The molecule has 0 unspecified atom stereocenters. The van der Waals surface area contributed by atoms with E-state index in [2.05, 4.69) is 16.0 Å². The first-order chi connectivity index (χ1) is 8.88. The van der Waals surface area contributed by atoms with Gasteiger partial charge in [-0.15, -0.1) is 0 Å². The van der Waals surface area contributed by atoms with Gasteiger partial charge in [0.15, 0.2) is 0 Å². The average molecular weight is 288 g/mol. The lowest BCUT2D eigenvalue weighted by Gasteiger charge is -2.10. The summed E-state index contributed by atoms with van der Waals surface area (Å²) in [7, 11) is 0. The van der Waals surface area contributed by atoms with E-state index in [4.69, 9.17) is 11.6 Å². The lowest BCUT2D eigenvalue weighted by Crippen LogP contribution is -2.44. The van der Waals surface area contributed by atoms with Crippen LogP contribution in [0.3, 0.4) is 0 Å². The Morgan fingerprint density at radius 1 is 1.37 bits per heavy atom. The Balaban J connectivity index is 2.44. The molecule has 104 valence electrons. The Bertz CT molecular complexity index is 480. The van der Waals surface area contributed by atoms with Crippen LogP contribution in [0.5, 0.6) is 0 Å². The molecule has 0 radical (unpaired) electrons. The molecule has 0 bridgehead atoms. The third-order valence-electron chi connectivity index (χ3n) is 2.04. The summed E-state index contributed by atoms with van der Waals surface area (Å²) < 4.78 is 12.8. The fourth-order valence-electron chi connectivity index (χ4n) is 1.28. The molecule has 0 atom stereocenters. The zero-order chi connectivity index (χ0) is 14.4. The van der Waals surface area contributed by atoms with Crippen LogP contribution in [0.2, 0.25) is 5.02 Å². The summed E-state index contributed by atoms with van der Waals surface area (Å²) in [6, 6.07) is 3.14. The second kappa shape index (κ2) is 6.94. The van der Waals surface area contributed by atoms with Crippen LogP contribution in [0.15, 0.2) is 18.2 Å². The highest BCUT2D eigenvalue weighted by molar-refractivity contribution is 6.33. The minimum atomic E-state index is -0.563. The van der Waals surface area contributed by atoms with Crippen LogP contribution in [0.25, 0.3) is 0 Å². The van der Waals surface area contributed by atoms with Crippen molar-refractivity contribution >= 4 is 29.2 Å². The van der Waals surface area contributed by atoms with Crippen molar-refractivity contribution in [3.63, 3.8) is 0 Å². The number of urea groups is 1. The van der Waals surface area contributed by atoms with Crippen LogP contribution in [0.1, 0.15) is 13.8 Å². The number of imide groups is 1. The molecule has 0 saturated carbocycles. The van der Waals surface area contributed by atoms with Crippen molar-refractivity contribution in [3.05, 3.63) is 29.0 Å². The molecular formula is C12H15ClFN3O2. The van der Waals surface area contributed by atoms with Gasteiger partial charge in [-0.3, -0.25) is 10.1 Å². The van der Waals surface area contributed by atoms with Crippen molar-refractivity contribution < 1.29 is 14.0 Å². The third kappa shape index (κ3) is 5.56. The molecule has 0 spiro atoms. The molecule has 0 aromatic heterocycles. The summed E-state index contributed by atoms with van der Waals surface area (Å²) >= 11 is 5.77. The Hall–Kier alpha value is -1.82. The second-order valence-corrected chi connectivity index (χ2v) is 4.56. The van der Waals surface area contributed by atoms with E-state index < -0.39 is 17.8 Å². The first-order valence-corrected chi connectivity index (χ1v) is 6.05. The molecule has 0 aliphatic rings. The minimum absolute atomic E-state index is 0.0627. The maximum Gasteiger partial charge on any atom is 0.321 e. The molecule has 1 aromatic carbocycles. The van der Waals surface area contributed by atoms with Gasteiger partial charge in [-0.2, -0.15) is 0 Å². The topological polar surface area (TPSA) is 70.2 Å². The molecule has 1 aromatic rings. The van der Waals surface area contributed by atoms with Crippen LogP contribution in [0, 0.1) is 5.82 Å². The van der Waals surface area contributed by atoms with E-state index in [1.165, 1.54) is 12.1 Å². The highest BCUT2D eigenvalue weighted by Crippen LogP contribution is 2.21. The van der Waals surface area contributed by atoms with Crippen LogP contribution in [-0.2, 0) is 4.79 Å². The zero-order valence-corrected chi connectivity index (χ0v) is 11.3. The smallest absolute Gasteiger partial charge is 0.321 e. The van der Waals surface area contributed by atoms with Gasteiger partial charge < -0.3 is 10.6 Å². The van der Waals surface area contributed by atoms with Crippen molar-refractivity contribution in [1.82, 2.24) is 10.6 Å². The lowest BCUT2D eigenvalue weighted by molar-refractivity contribution is -0.118. The summed E-state index contributed by atoms with van der Waals surface area (Å²) in [5.74, 6) is -0.977. The number of amides is 3. The van der Waals surface area contributed by atoms with Gasteiger partial charge in [0.1, 0.15) is 5.82 Å². The Labute approximate surface area is 115 Å². The molecule has 5 nitrogen and oxygen atoms in total. The number of halogens is 2. The number of carbonyl (C=O) groups is 2. The highest BCUT2D eigenvalue weighted by atomic mass is 35.5. The Morgan fingerprint density at radius 3 is 2.63 bits per heavy atom. The standard InChI is InChI=1S/C12H15ClFN3O2/c1-7(2)16-12(19)17-11(18)6-15-10-4-3-8(14)5-9(10)13/h3-5,7,15H,6H2,1-2H3,(H2,16,17,18,19). The van der Waals surface area contributed by atoms with Crippen LogP contribution >= 0.6 is 11.6 Å². The van der Waals surface area contributed by atoms with Crippen LogP contribution < -0.4 is 16.0 Å². The van der Waals surface area contributed by atoms with Crippen molar-refractivity contribution in [2.75, 3.05) is 11.9 Å². The van der Waals surface area contributed by atoms with E-state index in [0.29, 0.717) is 5.69 Å². The van der Waals surface area contributed by atoms with Crippen molar-refractivity contribution in [2.45, 2.75) is 19.9 Å². The maximum atomic E-state index is 12.8. The van der Waals surface area contributed by atoms with Gasteiger partial charge in [-0.25, -0.2) is 9.18 Å². The van der Waals surface area contributed by atoms with Gasteiger partial charge in [-0.05, 0) is 32.0 Å². The van der Waals surface area contributed by atoms with Crippen molar-refractivity contribution in [3.8, 4) is 0 Å². The van der Waals surface area contributed by atoms with Crippen LogP contribution in [0.4, 0.5) is 14.9 Å². The average Bonchev–Trinajstić information content (AvgIpc) is 2.26. The summed E-state index contributed by atoms with van der Waals surface area (Å²) in [5, 5.41) is 7.53. The summed E-state index contributed by atoms with van der Waals surface area (Å²) in [5.41, 5.74) is 0.419. The fourth-order valence-corrected chi connectivity index (χ4v) is 1.51. The summed E-state index contributed by atoms with van der Waals surface area (Å²) in [6.07, 6.45) is 0. The van der Waals surface area contributed by atoms with E-state index in [1.807, 2.05) is 0 Å². The second-order valence-electron chi connectivity index (χ2n) is 4.15. The molecule has 1 rings (SSSR count). The van der Waals surface area contributed by atoms with E-state index in [9.17, 15) is 14.0 Å². The molecule has 0 heterocycles. The van der Waals surface area contributed by atoms with Gasteiger partial charge in [0.25, 0.3) is 0 Å². The van der Waals surface area contributed by atoms with E-state index in [0.717, 1.165) is 6.07 Å². The predicted octanol–water partition coefficient (Wildman–Crippen LogP) is 2.13. The normalized spacial score (nSPS) is 10.2. The molecule has 0 saturated heterocycles. The largest absolute Gasteiger partial charge is 0.375 e. The Morgan fingerprint density at radius 2 is 2.05 bits per heavy atom. The molecule has 19 heavy (non-hydrogen) atoms. The highest BCUT2D eigenvalue weighted by Gasteiger charge is 2.09. The van der Waals surface area contributed by atoms with Crippen molar-refractivity contribution in [2.24, 2.45) is 0 Å². The van der Waals surface area contributed by atoms with Gasteiger partial charge in [0.2, 0.25) is 5.91 Å². The molecule has 3 N–H and O–H groups in total. The number of nitrogens with one attached hydrogen (secondary N) is 3. The molecule has 7 heteroatoms.